The second kappa shape index (κ2) is 7.44. The molecule has 7 heteroatoms. The number of nitrogens with zero attached hydrogens (tertiary/aromatic N) is 2. The maximum absolute atomic E-state index is 12.3. The topological polar surface area (TPSA) is 106 Å². The Kier molecular flexibility index (Phi) is 4.83. The van der Waals surface area contributed by atoms with Crippen molar-refractivity contribution in [3.8, 4) is 11.5 Å². The van der Waals surface area contributed by atoms with E-state index in [1.165, 1.54) is 0 Å². The van der Waals surface area contributed by atoms with Crippen LogP contribution in [0.1, 0.15) is 37.1 Å². The Hall–Kier alpha value is -3.19. The number of urea groups is 1. The van der Waals surface area contributed by atoms with E-state index in [0.29, 0.717) is 17.4 Å². The number of benzene rings is 2. The van der Waals surface area contributed by atoms with Crippen molar-refractivity contribution in [2.24, 2.45) is 5.73 Å². The third kappa shape index (κ3) is 3.75. The molecule has 0 saturated heterocycles. The fourth-order valence-electron chi connectivity index (χ4n) is 3.47. The quantitative estimate of drug-likeness (QED) is 0.624. The number of nitrogens with one attached hydrogen (secondary N) is 2. The first-order valence-electron chi connectivity index (χ1n) is 9.41. The molecule has 1 aromatic heterocycles. The van der Waals surface area contributed by atoms with Crippen LogP contribution in [0.2, 0.25) is 0 Å². The molecule has 0 atom stereocenters. The largest absolute Gasteiger partial charge is 0.334 e. The average Bonchev–Trinajstić information content (AvgIpc) is 3.35. The molecule has 1 fully saturated rings. The van der Waals surface area contributed by atoms with Crippen molar-refractivity contribution in [3.63, 3.8) is 0 Å². The lowest BCUT2D eigenvalue weighted by atomic mass is 9.98. The number of para-hydroxylation sites is 1. The number of rotatable bonds is 4. The van der Waals surface area contributed by atoms with Crippen LogP contribution in [0.3, 0.4) is 0 Å². The summed E-state index contributed by atoms with van der Waals surface area (Å²) < 4.78 is 5.45. The summed E-state index contributed by atoms with van der Waals surface area (Å²) in [6.07, 6.45) is 3.89. The average molecular weight is 377 g/mol. The molecule has 2 amide bonds. The number of nitrogens with two attached hydrogens (primary N) is 1. The summed E-state index contributed by atoms with van der Waals surface area (Å²) >= 11 is 0. The standard InChI is InChI=1S/C21H23N5O2/c1-14-9-10-15(18-25-19(26-28-18)21(22)11-5-6-12-21)13-17(14)24-20(27)23-16-7-3-2-4-8-16/h2-4,7-10,13H,5-6,11-12,22H2,1H3,(H2,23,24,27). The Morgan fingerprint density at radius 2 is 1.86 bits per heavy atom. The molecule has 0 unspecified atom stereocenters. The van der Waals surface area contributed by atoms with Gasteiger partial charge in [-0.15, -0.1) is 0 Å². The lowest BCUT2D eigenvalue weighted by Gasteiger charge is -2.17. The molecule has 3 aromatic rings. The first kappa shape index (κ1) is 18.2. The van der Waals surface area contributed by atoms with Crippen LogP contribution in [0, 0.1) is 6.92 Å². The molecule has 7 nitrogen and oxygen atoms in total. The molecule has 1 saturated carbocycles. The highest BCUT2D eigenvalue weighted by Gasteiger charge is 2.36. The second-order valence-corrected chi connectivity index (χ2v) is 7.26. The van der Waals surface area contributed by atoms with E-state index in [1.54, 1.807) is 0 Å². The Morgan fingerprint density at radius 3 is 2.61 bits per heavy atom. The lowest BCUT2D eigenvalue weighted by Crippen LogP contribution is -2.34. The van der Waals surface area contributed by atoms with Gasteiger partial charge in [-0.25, -0.2) is 4.79 Å². The van der Waals surface area contributed by atoms with Crippen molar-refractivity contribution in [1.82, 2.24) is 10.1 Å². The van der Waals surface area contributed by atoms with E-state index in [0.717, 1.165) is 42.5 Å². The smallest absolute Gasteiger partial charge is 0.323 e. The summed E-state index contributed by atoms with van der Waals surface area (Å²) in [6.45, 7) is 1.93. The first-order valence-corrected chi connectivity index (χ1v) is 9.41. The van der Waals surface area contributed by atoms with E-state index < -0.39 is 5.54 Å². The Bertz CT molecular complexity index is 977. The van der Waals surface area contributed by atoms with Crippen LogP contribution >= 0.6 is 0 Å². The van der Waals surface area contributed by atoms with E-state index in [1.807, 2.05) is 55.5 Å². The molecule has 2 aromatic carbocycles. The SMILES string of the molecule is Cc1ccc(-c2nc(C3(N)CCCC3)no2)cc1NC(=O)Nc1ccccc1. The number of aromatic nitrogens is 2. The monoisotopic (exact) mass is 377 g/mol. The summed E-state index contributed by atoms with van der Waals surface area (Å²) in [4.78, 5) is 16.8. The Morgan fingerprint density at radius 1 is 1.11 bits per heavy atom. The minimum absolute atomic E-state index is 0.315. The van der Waals surface area contributed by atoms with Crippen molar-refractivity contribution in [1.29, 1.82) is 0 Å². The zero-order valence-electron chi connectivity index (χ0n) is 15.7. The van der Waals surface area contributed by atoms with Gasteiger partial charge in [0.05, 0.1) is 5.54 Å². The zero-order valence-corrected chi connectivity index (χ0v) is 15.7. The number of anilines is 2. The van der Waals surface area contributed by atoms with Gasteiger partial charge in [0.2, 0.25) is 0 Å². The van der Waals surface area contributed by atoms with E-state index >= 15 is 0 Å². The number of amides is 2. The summed E-state index contributed by atoms with van der Waals surface area (Å²) in [7, 11) is 0. The highest BCUT2D eigenvalue weighted by molar-refractivity contribution is 6.00. The van der Waals surface area contributed by atoms with Gasteiger partial charge >= 0.3 is 6.03 Å². The number of hydrogen-bond acceptors (Lipinski definition) is 5. The zero-order chi connectivity index (χ0) is 19.6. The van der Waals surface area contributed by atoms with Crippen molar-refractivity contribution < 1.29 is 9.32 Å². The number of carbonyl (C=O) groups is 1. The predicted octanol–water partition coefficient (Wildman–Crippen LogP) is 4.42. The molecule has 0 aliphatic heterocycles. The molecule has 0 bridgehead atoms. The molecule has 0 spiro atoms. The van der Waals surface area contributed by atoms with E-state index in [-0.39, 0.29) is 6.03 Å². The number of carbonyl (C=O) groups excluding carboxylic acids is 1. The van der Waals surface area contributed by atoms with Gasteiger partial charge in [-0.2, -0.15) is 4.98 Å². The van der Waals surface area contributed by atoms with Crippen molar-refractivity contribution in [3.05, 3.63) is 59.9 Å². The highest BCUT2D eigenvalue weighted by Crippen LogP contribution is 2.35. The maximum Gasteiger partial charge on any atom is 0.323 e. The van der Waals surface area contributed by atoms with Crippen LogP contribution in [-0.2, 0) is 5.54 Å². The molecule has 28 heavy (non-hydrogen) atoms. The molecule has 1 heterocycles. The molecule has 4 N–H and O–H groups in total. The van der Waals surface area contributed by atoms with E-state index in [4.69, 9.17) is 10.3 Å². The van der Waals surface area contributed by atoms with Gasteiger partial charge in [-0.3, -0.25) is 0 Å². The summed E-state index contributed by atoms with van der Waals surface area (Å²) in [5, 5.41) is 9.78. The van der Waals surface area contributed by atoms with Crippen LogP contribution in [0.15, 0.2) is 53.1 Å². The van der Waals surface area contributed by atoms with Crippen LogP contribution in [0.5, 0.6) is 0 Å². The normalized spacial score (nSPS) is 15.4. The fourth-order valence-corrected chi connectivity index (χ4v) is 3.47. The van der Waals surface area contributed by atoms with E-state index in [2.05, 4.69) is 20.8 Å². The van der Waals surface area contributed by atoms with Gasteiger partial charge in [-0.05, 0) is 49.6 Å². The van der Waals surface area contributed by atoms with Crippen LogP contribution in [0.4, 0.5) is 16.2 Å². The third-order valence-electron chi connectivity index (χ3n) is 5.13. The molecule has 0 radical (unpaired) electrons. The van der Waals surface area contributed by atoms with Crippen molar-refractivity contribution >= 4 is 17.4 Å². The lowest BCUT2D eigenvalue weighted by molar-refractivity contribution is 0.262. The predicted molar refractivity (Wildman–Crippen MR) is 108 cm³/mol. The first-order chi connectivity index (χ1) is 13.5. The van der Waals surface area contributed by atoms with Gasteiger partial charge < -0.3 is 20.9 Å². The van der Waals surface area contributed by atoms with Crippen LogP contribution < -0.4 is 16.4 Å². The molecule has 4 rings (SSSR count). The van der Waals surface area contributed by atoms with Gasteiger partial charge in [0, 0.05) is 16.9 Å². The Balaban J connectivity index is 1.52. The van der Waals surface area contributed by atoms with Gasteiger partial charge in [-0.1, -0.05) is 42.3 Å². The number of aryl methyl sites for hydroxylation is 1. The highest BCUT2D eigenvalue weighted by atomic mass is 16.5. The summed E-state index contributed by atoms with van der Waals surface area (Å²) in [5.74, 6) is 0.954. The summed E-state index contributed by atoms with van der Waals surface area (Å²) in [5.41, 5.74) is 8.98. The summed E-state index contributed by atoms with van der Waals surface area (Å²) in [6, 6.07) is 14.6. The fraction of sp³-hybridized carbons (Fsp3) is 0.286. The molecular weight excluding hydrogens is 354 g/mol. The van der Waals surface area contributed by atoms with Crippen molar-refractivity contribution in [2.75, 3.05) is 10.6 Å². The maximum atomic E-state index is 12.3. The third-order valence-corrected chi connectivity index (χ3v) is 5.13. The minimum Gasteiger partial charge on any atom is -0.334 e. The molecule has 1 aliphatic rings. The minimum atomic E-state index is -0.497. The van der Waals surface area contributed by atoms with Gasteiger partial charge in [0.1, 0.15) is 0 Å². The Labute approximate surface area is 163 Å². The van der Waals surface area contributed by atoms with Gasteiger partial charge in [0.15, 0.2) is 5.82 Å². The number of hydrogen-bond donors (Lipinski definition) is 3. The van der Waals surface area contributed by atoms with Crippen LogP contribution in [-0.4, -0.2) is 16.2 Å². The molecule has 1 aliphatic carbocycles. The van der Waals surface area contributed by atoms with Gasteiger partial charge in [0.25, 0.3) is 5.89 Å². The van der Waals surface area contributed by atoms with E-state index in [9.17, 15) is 4.79 Å². The van der Waals surface area contributed by atoms with Crippen molar-refractivity contribution in [2.45, 2.75) is 38.1 Å². The second-order valence-electron chi connectivity index (χ2n) is 7.26. The van der Waals surface area contributed by atoms with Crippen LogP contribution in [0.25, 0.3) is 11.5 Å². The molecular formula is C21H23N5O2. The molecule has 144 valence electrons.